The molecule has 3 aromatic rings. The van der Waals surface area contributed by atoms with Gasteiger partial charge in [-0.25, -0.2) is 9.97 Å². The molecule has 24 heavy (non-hydrogen) atoms. The molecule has 7 heteroatoms. The topological polar surface area (TPSA) is 75.0 Å². The van der Waals surface area contributed by atoms with E-state index in [2.05, 4.69) is 19.9 Å². The summed E-state index contributed by atoms with van der Waals surface area (Å²) in [6, 6.07) is 6.58. The average molecular weight is 326 g/mol. The van der Waals surface area contributed by atoms with Crippen molar-refractivity contribution in [2.45, 2.75) is 19.5 Å². The van der Waals surface area contributed by atoms with Crippen LogP contribution in [0.15, 0.2) is 45.9 Å². The van der Waals surface area contributed by atoms with Gasteiger partial charge in [-0.1, -0.05) is 6.07 Å². The molecule has 0 atom stereocenters. The SMILES string of the molecule is O=c1[nH]c(-c2ccco2)nc2c1CN(Cc1ccc(F)nc1)CC2. The molecule has 4 rings (SSSR count). The second-order valence-electron chi connectivity index (χ2n) is 5.77. The number of nitrogens with one attached hydrogen (secondary N) is 1. The highest BCUT2D eigenvalue weighted by molar-refractivity contribution is 5.47. The van der Waals surface area contributed by atoms with Gasteiger partial charge in [-0.05, 0) is 23.8 Å². The Morgan fingerprint density at radius 2 is 2.25 bits per heavy atom. The molecule has 0 saturated carbocycles. The van der Waals surface area contributed by atoms with E-state index in [-0.39, 0.29) is 5.56 Å². The van der Waals surface area contributed by atoms with Crippen LogP contribution in [0.5, 0.6) is 0 Å². The summed E-state index contributed by atoms with van der Waals surface area (Å²) >= 11 is 0. The number of pyridine rings is 1. The van der Waals surface area contributed by atoms with Crippen molar-refractivity contribution in [2.24, 2.45) is 0 Å². The molecule has 122 valence electrons. The van der Waals surface area contributed by atoms with Gasteiger partial charge in [-0.3, -0.25) is 9.69 Å². The summed E-state index contributed by atoms with van der Waals surface area (Å²) < 4.78 is 18.2. The number of halogens is 1. The molecule has 0 spiro atoms. The standard InChI is InChI=1S/C17H15FN4O2/c18-15-4-3-11(8-19-15)9-22-6-5-13-12(10-22)17(23)21-16(20-13)14-2-1-7-24-14/h1-4,7-8H,5-6,9-10H2,(H,20,21,23). The van der Waals surface area contributed by atoms with E-state index in [1.54, 1.807) is 24.5 Å². The van der Waals surface area contributed by atoms with E-state index in [1.165, 1.54) is 12.3 Å². The highest BCUT2D eigenvalue weighted by Crippen LogP contribution is 2.20. The molecule has 0 aromatic carbocycles. The zero-order valence-corrected chi connectivity index (χ0v) is 12.8. The van der Waals surface area contributed by atoms with Crippen LogP contribution in [0.4, 0.5) is 4.39 Å². The Balaban J connectivity index is 1.57. The maximum absolute atomic E-state index is 12.9. The van der Waals surface area contributed by atoms with Gasteiger partial charge in [0.1, 0.15) is 0 Å². The normalized spacial score (nSPS) is 14.5. The number of rotatable bonds is 3. The molecule has 0 radical (unpaired) electrons. The molecule has 1 aliphatic heterocycles. The van der Waals surface area contributed by atoms with Gasteiger partial charge in [0, 0.05) is 32.3 Å². The number of fused-ring (bicyclic) bond motifs is 1. The van der Waals surface area contributed by atoms with Crippen molar-refractivity contribution in [3.63, 3.8) is 0 Å². The molecule has 3 aromatic heterocycles. The summed E-state index contributed by atoms with van der Waals surface area (Å²) in [5.41, 5.74) is 2.25. The van der Waals surface area contributed by atoms with Crippen molar-refractivity contribution in [2.75, 3.05) is 6.54 Å². The van der Waals surface area contributed by atoms with Crippen molar-refractivity contribution in [3.8, 4) is 11.6 Å². The first-order valence-corrected chi connectivity index (χ1v) is 7.68. The van der Waals surface area contributed by atoms with Crippen molar-refractivity contribution >= 4 is 0 Å². The van der Waals surface area contributed by atoms with Crippen LogP contribution in [0.2, 0.25) is 0 Å². The monoisotopic (exact) mass is 326 g/mol. The minimum Gasteiger partial charge on any atom is -0.461 e. The second-order valence-corrected chi connectivity index (χ2v) is 5.77. The van der Waals surface area contributed by atoms with Crippen molar-refractivity contribution in [3.05, 3.63) is 69.8 Å². The Hall–Kier alpha value is -2.80. The van der Waals surface area contributed by atoms with E-state index in [0.29, 0.717) is 36.7 Å². The molecule has 0 unspecified atom stereocenters. The van der Waals surface area contributed by atoms with Gasteiger partial charge in [0.05, 0.1) is 17.5 Å². The van der Waals surface area contributed by atoms with Crippen LogP contribution in [0.3, 0.4) is 0 Å². The highest BCUT2D eigenvalue weighted by atomic mass is 19.1. The molecular weight excluding hydrogens is 311 g/mol. The first kappa shape index (κ1) is 14.8. The molecule has 0 aliphatic carbocycles. The largest absolute Gasteiger partial charge is 0.461 e. The third-order valence-corrected chi connectivity index (χ3v) is 4.10. The van der Waals surface area contributed by atoms with Crippen LogP contribution in [0.1, 0.15) is 16.8 Å². The number of hydrogen-bond acceptors (Lipinski definition) is 5. The van der Waals surface area contributed by atoms with E-state index in [0.717, 1.165) is 17.8 Å². The molecule has 0 saturated heterocycles. The number of H-pyrrole nitrogens is 1. The van der Waals surface area contributed by atoms with Crippen molar-refractivity contribution in [1.29, 1.82) is 0 Å². The summed E-state index contributed by atoms with van der Waals surface area (Å²) in [5.74, 6) is 0.517. The molecule has 4 heterocycles. The predicted octanol–water partition coefficient (Wildman–Crippen LogP) is 2.12. The van der Waals surface area contributed by atoms with E-state index >= 15 is 0 Å². The van der Waals surface area contributed by atoms with E-state index in [1.807, 2.05) is 0 Å². The number of aromatic nitrogens is 3. The summed E-state index contributed by atoms with van der Waals surface area (Å²) in [6.07, 6.45) is 3.75. The van der Waals surface area contributed by atoms with Crippen LogP contribution >= 0.6 is 0 Å². The minimum atomic E-state index is -0.492. The van der Waals surface area contributed by atoms with Crippen LogP contribution in [-0.2, 0) is 19.5 Å². The van der Waals surface area contributed by atoms with Gasteiger partial charge in [-0.15, -0.1) is 0 Å². The summed E-state index contributed by atoms with van der Waals surface area (Å²) in [4.78, 5) is 25.5. The van der Waals surface area contributed by atoms with Gasteiger partial charge in [0.15, 0.2) is 11.6 Å². The lowest BCUT2D eigenvalue weighted by Crippen LogP contribution is -2.35. The number of aromatic amines is 1. The molecule has 0 fully saturated rings. The van der Waals surface area contributed by atoms with Crippen LogP contribution in [-0.4, -0.2) is 26.4 Å². The Labute approximate surface area is 137 Å². The molecule has 0 amide bonds. The maximum atomic E-state index is 12.9. The summed E-state index contributed by atoms with van der Waals surface area (Å²) in [5, 5.41) is 0. The quantitative estimate of drug-likeness (QED) is 0.746. The smallest absolute Gasteiger partial charge is 0.256 e. The third kappa shape index (κ3) is 2.85. The lowest BCUT2D eigenvalue weighted by molar-refractivity contribution is 0.241. The fraction of sp³-hybridized carbons (Fsp3) is 0.235. The fourth-order valence-corrected chi connectivity index (χ4v) is 2.90. The fourth-order valence-electron chi connectivity index (χ4n) is 2.90. The van der Waals surface area contributed by atoms with Gasteiger partial charge in [0.25, 0.3) is 5.56 Å². The maximum Gasteiger partial charge on any atom is 0.256 e. The molecule has 0 bridgehead atoms. The summed E-state index contributed by atoms with van der Waals surface area (Å²) in [6.45, 7) is 1.90. The van der Waals surface area contributed by atoms with E-state index in [4.69, 9.17) is 4.42 Å². The number of nitrogens with zero attached hydrogens (tertiary/aromatic N) is 3. The third-order valence-electron chi connectivity index (χ3n) is 4.10. The van der Waals surface area contributed by atoms with E-state index in [9.17, 15) is 9.18 Å². The first-order valence-electron chi connectivity index (χ1n) is 7.68. The molecule has 1 N–H and O–H groups in total. The Kier molecular flexibility index (Phi) is 3.70. The lowest BCUT2D eigenvalue weighted by atomic mass is 10.1. The van der Waals surface area contributed by atoms with Crippen LogP contribution in [0.25, 0.3) is 11.6 Å². The van der Waals surface area contributed by atoms with Gasteiger partial charge < -0.3 is 9.40 Å². The van der Waals surface area contributed by atoms with Crippen LogP contribution < -0.4 is 5.56 Å². The molecular formula is C17H15FN4O2. The van der Waals surface area contributed by atoms with Crippen molar-refractivity contribution < 1.29 is 8.81 Å². The van der Waals surface area contributed by atoms with Gasteiger partial charge in [0.2, 0.25) is 5.95 Å². The number of hydrogen-bond donors (Lipinski definition) is 1. The zero-order chi connectivity index (χ0) is 16.5. The zero-order valence-electron chi connectivity index (χ0n) is 12.8. The van der Waals surface area contributed by atoms with Gasteiger partial charge >= 0.3 is 0 Å². The van der Waals surface area contributed by atoms with E-state index < -0.39 is 5.95 Å². The van der Waals surface area contributed by atoms with Crippen LogP contribution in [0, 0.1) is 5.95 Å². The second kappa shape index (κ2) is 6.01. The Morgan fingerprint density at radius 3 is 3.00 bits per heavy atom. The summed E-state index contributed by atoms with van der Waals surface area (Å²) in [7, 11) is 0. The molecule has 6 nitrogen and oxygen atoms in total. The highest BCUT2D eigenvalue weighted by Gasteiger charge is 2.22. The van der Waals surface area contributed by atoms with Crippen molar-refractivity contribution in [1.82, 2.24) is 19.9 Å². The molecule has 1 aliphatic rings. The lowest BCUT2D eigenvalue weighted by Gasteiger charge is -2.27. The Bertz CT molecular complexity index is 903. The Morgan fingerprint density at radius 1 is 1.33 bits per heavy atom. The predicted molar refractivity (Wildman–Crippen MR) is 84.6 cm³/mol. The number of furan rings is 1. The average Bonchev–Trinajstić information content (AvgIpc) is 3.12. The minimum absolute atomic E-state index is 0.145. The van der Waals surface area contributed by atoms with Gasteiger partial charge in [-0.2, -0.15) is 4.39 Å². The first-order chi connectivity index (χ1) is 11.7.